The lowest BCUT2D eigenvalue weighted by Crippen LogP contribution is -2.44. The Bertz CT molecular complexity index is 684. The van der Waals surface area contributed by atoms with E-state index in [1.54, 1.807) is 0 Å². The van der Waals surface area contributed by atoms with Crippen molar-refractivity contribution in [2.24, 2.45) is 0 Å². The minimum absolute atomic E-state index is 0. The molecule has 8 nitrogen and oxygen atoms in total. The summed E-state index contributed by atoms with van der Waals surface area (Å²) < 4.78 is 5.62. The zero-order chi connectivity index (χ0) is 16.9. The Labute approximate surface area is 151 Å². The smallest absolute Gasteiger partial charge is 0.229 e. The molecule has 2 heterocycles. The molecule has 2 aromatic rings. The lowest BCUT2D eigenvalue weighted by atomic mass is 10.2. The number of ether oxygens (including phenoxy) is 1. The molecule has 25 heavy (non-hydrogen) atoms. The summed E-state index contributed by atoms with van der Waals surface area (Å²) in [7, 11) is 0. The summed E-state index contributed by atoms with van der Waals surface area (Å²) >= 11 is 0. The third-order valence-electron chi connectivity index (χ3n) is 3.98. The van der Waals surface area contributed by atoms with Gasteiger partial charge in [-0.15, -0.1) is 12.4 Å². The van der Waals surface area contributed by atoms with Crippen LogP contribution in [0, 0.1) is 0 Å². The monoisotopic (exact) mass is 370 g/mol. The Morgan fingerprint density at radius 2 is 1.84 bits per heavy atom. The molecule has 0 spiro atoms. The molecular formula is C16H23ClN4O4. The average Bonchev–Trinajstić information content (AvgIpc) is 2.65. The summed E-state index contributed by atoms with van der Waals surface area (Å²) in [5.74, 6) is 0.945. The number of fused-ring (bicyclic) bond motifs is 1. The summed E-state index contributed by atoms with van der Waals surface area (Å²) in [5.41, 5.74) is 0.758. The maximum Gasteiger partial charge on any atom is 0.229 e. The SMILES string of the molecule is Cl.OC[C@@H](O)[C@H](O)COc1nc(N2CCNCC2)nc2ccccc12. The van der Waals surface area contributed by atoms with Crippen LogP contribution in [0.1, 0.15) is 0 Å². The first-order chi connectivity index (χ1) is 11.7. The molecule has 0 amide bonds. The van der Waals surface area contributed by atoms with Crippen LogP contribution >= 0.6 is 12.4 Å². The number of benzene rings is 1. The summed E-state index contributed by atoms with van der Waals surface area (Å²) in [6.45, 7) is 2.67. The van der Waals surface area contributed by atoms with Crippen molar-refractivity contribution in [3.8, 4) is 5.88 Å². The van der Waals surface area contributed by atoms with Gasteiger partial charge in [0.2, 0.25) is 11.8 Å². The molecule has 2 atom stereocenters. The minimum Gasteiger partial charge on any atom is -0.474 e. The highest BCUT2D eigenvalue weighted by molar-refractivity contribution is 5.85. The number of anilines is 1. The Hall–Kier alpha value is -1.71. The van der Waals surface area contributed by atoms with E-state index in [0.717, 1.165) is 37.1 Å². The number of hydrogen-bond acceptors (Lipinski definition) is 8. The standard InChI is InChI=1S/C16H22N4O4.ClH/c21-9-13(22)14(23)10-24-15-11-3-1-2-4-12(11)18-16(19-15)20-7-5-17-6-8-20;/h1-4,13-14,17,21-23H,5-10H2;1H/t13-,14-;/m1./s1. The number of piperazine rings is 1. The molecule has 0 radical (unpaired) electrons. The molecule has 0 aliphatic carbocycles. The van der Waals surface area contributed by atoms with E-state index in [9.17, 15) is 10.2 Å². The van der Waals surface area contributed by atoms with Crippen molar-refractivity contribution < 1.29 is 20.1 Å². The van der Waals surface area contributed by atoms with Gasteiger partial charge in [-0.25, -0.2) is 4.98 Å². The molecular weight excluding hydrogens is 348 g/mol. The summed E-state index contributed by atoms with van der Waals surface area (Å²) in [6, 6.07) is 7.49. The zero-order valence-electron chi connectivity index (χ0n) is 13.7. The normalized spacial score (nSPS) is 17.0. The predicted octanol–water partition coefficient (Wildman–Crippen LogP) is -0.446. The fourth-order valence-electron chi connectivity index (χ4n) is 2.55. The van der Waals surface area contributed by atoms with Crippen molar-refractivity contribution in [1.29, 1.82) is 0 Å². The highest BCUT2D eigenvalue weighted by Gasteiger charge is 2.19. The number of nitrogens with zero attached hydrogens (tertiary/aromatic N) is 3. The van der Waals surface area contributed by atoms with Gasteiger partial charge in [-0.2, -0.15) is 4.98 Å². The second-order valence-corrected chi connectivity index (χ2v) is 5.71. The van der Waals surface area contributed by atoms with Crippen LogP contribution in [0.25, 0.3) is 10.9 Å². The Kier molecular flexibility index (Phi) is 7.15. The van der Waals surface area contributed by atoms with Crippen molar-refractivity contribution in [1.82, 2.24) is 15.3 Å². The van der Waals surface area contributed by atoms with Crippen molar-refractivity contribution >= 4 is 29.3 Å². The zero-order valence-corrected chi connectivity index (χ0v) is 14.5. The molecule has 1 aliphatic heterocycles. The first-order valence-corrected chi connectivity index (χ1v) is 8.01. The van der Waals surface area contributed by atoms with E-state index in [0.29, 0.717) is 11.8 Å². The number of nitrogens with one attached hydrogen (secondary N) is 1. The molecule has 1 fully saturated rings. The van der Waals surface area contributed by atoms with Crippen LogP contribution in [0.4, 0.5) is 5.95 Å². The summed E-state index contributed by atoms with van der Waals surface area (Å²) in [6.07, 6.45) is -2.43. The van der Waals surface area contributed by atoms with E-state index in [1.165, 1.54) is 0 Å². The molecule has 3 rings (SSSR count). The molecule has 138 valence electrons. The molecule has 1 saturated heterocycles. The Morgan fingerprint density at radius 3 is 2.56 bits per heavy atom. The van der Waals surface area contributed by atoms with Gasteiger partial charge in [0, 0.05) is 26.2 Å². The highest BCUT2D eigenvalue weighted by atomic mass is 35.5. The van der Waals surface area contributed by atoms with Crippen molar-refractivity contribution in [2.45, 2.75) is 12.2 Å². The fraction of sp³-hybridized carbons (Fsp3) is 0.500. The van der Waals surface area contributed by atoms with Gasteiger partial charge in [-0.05, 0) is 12.1 Å². The van der Waals surface area contributed by atoms with Gasteiger partial charge in [0.1, 0.15) is 18.8 Å². The number of aliphatic hydroxyl groups is 3. The molecule has 1 aliphatic rings. The van der Waals surface area contributed by atoms with Crippen molar-refractivity contribution in [2.75, 3.05) is 44.3 Å². The van der Waals surface area contributed by atoms with Crippen LogP contribution in [-0.2, 0) is 0 Å². The first-order valence-electron chi connectivity index (χ1n) is 8.01. The lowest BCUT2D eigenvalue weighted by molar-refractivity contribution is -0.0343. The number of halogens is 1. The first kappa shape index (κ1) is 19.6. The third-order valence-corrected chi connectivity index (χ3v) is 3.98. The van der Waals surface area contributed by atoms with Crippen molar-refractivity contribution in [3.63, 3.8) is 0 Å². The molecule has 0 unspecified atom stereocenters. The second-order valence-electron chi connectivity index (χ2n) is 5.71. The highest BCUT2D eigenvalue weighted by Crippen LogP contribution is 2.25. The maximum atomic E-state index is 9.77. The van der Waals surface area contributed by atoms with Gasteiger partial charge in [-0.1, -0.05) is 12.1 Å². The van der Waals surface area contributed by atoms with Crippen LogP contribution in [0.15, 0.2) is 24.3 Å². The van der Waals surface area contributed by atoms with E-state index in [2.05, 4.69) is 20.2 Å². The van der Waals surface area contributed by atoms with Gasteiger partial charge in [-0.3, -0.25) is 0 Å². The van der Waals surface area contributed by atoms with Crippen LogP contribution in [0.3, 0.4) is 0 Å². The molecule has 0 saturated carbocycles. The third kappa shape index (κ3) is 4.68. The van der Waals surface area contributed by atoms with Crippen LogP contribution in [-0.4, -0.2) is 76.9 Å². The van der Waals surface area contributed by atoms with Crippen LogP contribution in [0.2, 0.25) is 0 Å². The number of hydrogen-bond donors (Lipinski definition) is 4. The van der Waals surface area contributed by atoms with Crippen LogP contribution < -0.4 is 15.0 Å². The fourth-order valence-corrected chi connectivity index (χ4v) is 2.55. The van der Waals surface area contributed by atoms with E-state index in [-0.39, 0.29) is 19.0 Å². The topological polar surface area (TPSA) is 111 Å². The van der Waals surface area contributed by atoms with Crippen molar-refractivity contribution in [3.05, 3.63) is 24.3 Å². The quantitative estimate of drug-likeness (QED) is 0.541. The van der Waals surface area contributed by atoms with Gasteiger partial charge >= 0.3 is 0 Å². The molecule has 0 bridgehead atoms. The molecule has 1 aromatic heterocycles. The van der Waals surface area contributed by atoms with Gasteiger partial charge in [0.15, 0.2) is 0 Å². The van der Waals surface area contributed by atoms with E-state index in [1.807, 2.05) is 24.3 Å². The van der Waals surface area contributed by atoms with Gasteiger partial charge < -0.3 is 30.3 Å². The predicted molar refractivity (Wildman–Crippen MR) is 96.5 cm³/mol. The average molecular weight is 371 g/mol. The molecule has 4 N–H and O–H groups in total. The largest absolute Gasteiger partial charge is 0.474 e. The maximum absolute atomic E-state index is 9.77. The second kappa shape index (κ2) is 9.12. The number of rotatable bonds is 6. The van der Waals surface area contributed by atoms with Gasteiger partial charge in [0.05, 0.1) is 17.5 Å². The minimum atomic E-state index is -1.24. The summed E-state index contributed by atoms with van der Waals surface area (Å²) in [4.78, 5) is 11.2. The lowest BCUT2D eigenvalue weighted by Gasteiger charge is -2.28. The van der Waals surface area contributed by atoms with E-state index >= 15 is 0 Å². The van der Waals surface area contributed by atoms with Crippen LogP contribution in [0.5, 0.6) is 5.88 Å². The molecule has 1 aromatic carbocycles. The van der Waals surface area contributed by atoms with E-state index in [4.69, 9.17) is 9.84 Å². The number of aromatic nitrogens is 2. The number of aliphatic hydroxyl groups excluding tert-OH is 3. The molecule has 9 heteroatoms. The number of para-hydroxylation sites is 1. The summed E-state index contributed by atoms with van der Waals surface area (Å²) in [5, 5.41) is 32.1. The Balaban J connectivity index is 0.00000225. The van der Waals surface area contributed by atoms with Gasteiger partial charge in [0.25, 0.3) is 0 Å². The Morgan fingerprint density at radius 1 is 1.12 bits per heavy atom. The van der Waals surface area contributed by atoms with E-state index < -0.39 is 18.8 Å².